The van der Waals surface area contributed by atoms with Crippen molar-refractivity contribution in [3.8, 4) is 0 Å². The molecule has 1 aromatic rings. The number of amides is 1. The topological polar surface area (TPSA) is 38.3 Å². The Hall–Kier alpha value is -0.520. The second-order valence-electron chi connectivity index (χ2n) is 5.43. The molecule has 2 heterocycles. The number of ether oxygens (including phenoxy) is 1. The fourth-order valence-corrected chi connectivity index (χ4v) is 4.62. The van der Waals surface area contributed by atoms with Crippen LogP contribution in [0, 0.1) is 0 Å². The Morgan fingerprint density at radius 3 is 2.85 bits per heavy atom. The largest absolute Gasteiger partial charge is 0.381 e. The van der Waals surface area contributed by atoms with Crippen LogP contribution in [-0.4, -0.2) is 35.2 Å². The van der Waals surface area contributed by atoms with Crippen molar-refractivity contribution in [1.29, 1.82) is 0 Å². The molecule has 0 bridgehead atoms. The molecular formula is C15H18BrNO2S. The molecule has 20 heavy (non-hydrogen) atoms. The summed E-state index contributed by atoms with van der Waals surface area (Å²) in [7, 11) is 0. The number of thioether (sulfide) groups is 1. The molecule has 0 saturated carbocycles. The second kappa shape index (κ2) is 6.08. The van der Waals surface area contributed by atoms with Crippen LogP contribution in [0.1, 0.15) is 18.4 Å². The smallest absolute Gasteiger partial charge is 0.234 e. The van der Waals surface area contributed by atoms with Crippen LogP contribution in [0.15, 0.2) is 29.2 Å². The molecule has 1 unspecified atom stereocenters. The van der Waals surface area contributed by atoms with Gasteiger partial charge in [-0.3, -0.25) is 4.79 Å². The third kappa shape index (κ3) is 2.90. The maximum atomic E-state index is 12.6. The minimum atomic E-state index is -0.134. The summed E-state index contributed by atoms with van der Waals surface area (Å²) in [6, 6.07) is 8.29. The number of halogens is 1. The van der Waals surface area contributed by atoms with Gasteiger partial charge >= 0.3 is 0 Å². The van der Waals surface area contributed by atoms with E-state index in [1.54, 1.807) is 11.8 Å². The predicted molar refractivity (Wildman–Crippen MR) is 84.5 cm³/mol. The summed E-state index contributed by atoms with van der Waals surface area (Å²) in [5, 5.41) is 4.07. The number of rotatable bonds is 3. The van der Waals surface area contributed by atoms with E-state index >= 15 is 0 Å². The van der Waals surface area contributed by atoms with Gasteiger partial charge in [-0.2, -0.15) is 0 Å². The number of benzene rings is 1. The van der Waals surface area contributed by atoms with E-state index in [4.69, 9.17) is 4.74 Å². The van der Waals surface area contributed by atoms with Crippen molar-refractivity contribution in [2.45, 2.75) is 34.9 Å². The lowest BCUT2D eigenvalue weighted by molar-refractivity contribution is -0.123. The lowest BCUT2D eigenvalue weighted by atomic mass is 9.92. The molecule has 1 fully saturated rings. The van der Waals surface area contributed by atoms with E-state index in [9.17, 15) is 4.79 Å². The number of nitrogens with one attached hydrogen (secondary N) is 1. The van der Waals surface area contributed by atoms with Crippen molar-refractivity contribution < 1.29 is 9.53 Å². The first-order chi connectivity index (χ1) is 9.72. The first-order valence-corrected chi connectivity index (χ1v) is 8.93. The molecule has 3 nitrogen and oxygen atoms in total. The molecular weight excluding hydrogens is 338 g/mol. The SMILES string of the molecule is O=C(NC1(CBr)CCOCC1)C1Cc2ccccc2S1. The van der Waals surface area contributed by atoms with Crippen molar-refractivity contribution in [2.24, 2.45) is 0 Å². The van der Waals surface area contributed by atoms with Crippen molar-refractivity contribution in [3.63, 3.8) is 0 Å². The van der Waals surface area contributed by atoms with Gasteiger partial charge in [-0.1, -0.05) is 34.1 Å². The molecule has 108 valence electrons. The zero-order chi connectivity index (χ0) is 14.0. The molecule has 1 atom stereocenters. The molecule has 0 spiro atoms. The Morgan fingerprint density at radius 1 is 1.40 bits per heavy atom. The van der Waals surface area contributed by atoms with E-state index in [-0.39, 0.29) is 16.7 Å². The highest BCUT2D eigenvalue weighted by Crippen LogP contribution is 2.37. The van der Waals surface area contributed by atoms with E-state index in [0.29, 0.717) is 0 Å². The second-order valence-corrected chi connectivity index (χ2v) is 7.24. The van der Waals surface area contributed by atoms with Crippen molar-refractivity contribution in [1.82, 2.24) is 5.32 Å². The first kappa shape index (κ1) is 14.4. The summed E-state index contributed by atoms with van der Waals surface area (Å²) in [5.74, 6) is 0.160. The van der Waals surface area contributed by atoms with Crippen LogP contribution in [0.3, 0.4) is 0 Å². The van der Waals surface area contributed by atoms with E-state index in [0.717, 1.165) is 37.8 Å². The van der Waals surface area contributed by atoms with E-state index < -0.39 is 0 Å². The molecule has 2 aliphatic rings. The van der Waals surface area contributed by atoms with Crippen molar-refractivity contribution in [3.05, 3.63) is 29.8 Å². The quantitative estimate of drug-likeness (QED) is 0.847. The predicted octanol–water partition coefficient (Wildman–Crippen LogP) is 2.76. The van der Waals surface area contributed by atoms with Gasteiger partial charge < -0.3 is 10.1 Å². The molecule has 1 N–H and O–H groups in total. The highest BCUT2D eigenvalue weighted by molar-refractivity contribution is 9.09. The van der Waals surface area contributed by atoms with Gasteiger partial charge in [0.05, 0.1) is 10.8 Å². The molecule has 0 aromatic heterocycles. The number of carbonyl (C=O) groups excluding carboxylic acids is 1. The van der Waals surface area contributed by atoms with Gasteiger partial charge in [0.15, 0.2) is 0 Å². The average Bonchev–Trinajstić information content (AvgIpc) is 2.92. The Morgan fingerprint density at radius 2 is 2.15 bits per heavy atom. The molecule has 1 saturated heterocycles. The normalized spacial score (nSPS) is 24.1. The van der Waals surface area contributed by atoms with Crippen LogP contribution in [-0.2, 0) is 16.0 Å². The van der Waals surface area contributed by atoms with Crippen molar-refractivity contribution >= 4 is 33.6 Å². The van der Waals surface area contributed by atoms with Crippen LogP contribution in [0.2, 0.25) is 0 Å². The number of alkyl halides is 1. The van der Waals surface area contributed by atoms with Gasteiger partial charge in [-0.05, 0) is 30.9 Å². The Bertz CT molecular complexity index is 477. The van der Waals surface area contributed by atoms with Gasteiger partial charge in [-0.15, -0.1) is 11.8 Å². The highest BCUT2D eigenvalue weighted by atomic mass is 79.9. The van der Waals surface area contributed by atoms with Gasteiger partial charge in [0.25, 0.3) is 0 Å². The number of fused-ring (bicyclic) bond motifs is 1. The third-order valence-electron chi connectivity index (χ3n) is 4.03. The number of hydrogen-bond acceptors (Lipinski definition) is 3. The van der Waals surface area contributed by atoms with Crippen LogP contribution >= 0.6 is 27.7 Å². The standard InChI is InChI=1S/C15H18BrNO2S/c16-10-15(5-7-19-8-6-15)17-14(18)13-9-11-3-1-2-4-12(11)20-13/h1-4,13H,5-10H2,(H,17,18). The minimum absolute atomic E-state index is 0.00571. The van der Waals surface area contributed by atoms with Gasteiger partial charge in [0.1, 0.15) is 0 Å². The number of carbonyl (C=O) groups is 1. The summed E-state index contributed by atoms with van der Waals surface area (Å²) in [6.45, 7) is 1.45. The summed E-state index contributed by atoms with van der Waals surface area (Å²) in [4.78, 5) is 13.8. The molecule has 3 rings (SSSR count). The molecule has 1 aromatic carbocycles. The maximum Gasteiger partial charge on any atom is 0.234 e. The third-order valence-corrected chi connectivity index (χ3v) is 6.42. The van der Waals surface area contributed by atoms with Crippen LogP contribution in [0.4, 0.5) is 0 Å². The molecule has 0 radical (unpaired) electrons. The molecule has 1 amide bonds. The van der Waals surface area contributed by atoms with Crippen LogP contribution in [0.25, 0.3) is 0 Å². The fraction of sp³-hybridized carbons (Fsp3) is 0.533. The van der Waals surface area contributed by atoms with Crippen molar-refractivity contribution in [2.75, 3.05) is 18.5 Å². The van der Waals surface area contributed by atoms with E-state index in [1.807, 2.05) is 12.1 Å². The zero-order valence-electron chi connectivity index (χ0n) is 11.2. The zero-order valence-corrected chi connectivity index (χ0v) is 13.6. The average molecular weight is 356 g/mol. The Kier molecular flexibility index (Phi) is 4.38. The van der Waals surface area contributed by atoms with E-state index in [1.165, 1.54) is 10.5 Å². The van der Waals surface area contributed by atoms with Crippen LogP contribution < -0.4 is 5.32 Å². The molecule has 2 aliphatic heterocycles. The molecule has 0 aliphatic carbocycles. The Balaban J connectivity index is 1.66. The summed E-state index contributed by atoms with van der Waals surface area (Å²) < 4.78 is 5.41. The van der Waals surface area contributed by atoms with Gasteiger partial charge in [0, 0.05) is 23.4 Å². The monoisotopic (exact) mass is 355 g/mol. The summed E-state index contributed by atoms with van der Waals surface area (Å²) in [6.07, 6.45) is 2.60. The van der Waals surface area contributed by atoms with E-state index in [2.05, 4.69) is 33.4 Å². The fourth-order valence-electron chi connectivity index (χ4n) is 2.72. The summed E-state index contributed by atoms with van der Waals surface area (Å²) in [5.41, 5.74) is 1.16. The lowest BCUT2D eigenvalue weighted by Crippen LogP contribution is -2.55. The lowest BCUT2D eigenvalue weighted by Gasteiger charge is -2.37. The number of hydrogen-bond donors (Lipinski definition) is 1. The highest BCUT2D eigenvalue weighted by Gasteiger charge is 2.36. The Labute approximate surface area is 132 Å². The van der Waals surface area contributed by atoms with Crippen LogP contribution in [0.5, 0.6) is 0 Å². The minimum Gasteiger partial charge on any atom is -0.381 e. The first-order valence-electron chi connectivity index (χ1n) is 6.93. The summed E-state index contributed by atoms with van der Waals surface area (Å²) >= 11 is 5.24. The molecule has 5 heteroatoms. The van der Waals surface area contributed by atoms with Gasteiger partial charge in [0.2, 0.25) is 5.91 Å². The maximum absolute atomic E-state index is 12.6. The van der Waals surface area contributed by atoms with Gasteiger partial charge in [-0.25, -0.2) is 0 Å².